The lowest BCUT2D eigenvalue weighted by Gasteiger charge is -2.10. The number of carbonyl (C=O) groups is 1. The van der Waals surface area contributed by atoms with E-state index < -0.39 is 6.04 Å². The number of aromatic nitrogens is 2. The van der Waals surface area contributed by atoms with Gasteiger partial charge in [0.2, 0.25) is 5.91 Å². The summed E-state index contributed by atoms with van der Waals surface area (Å²) in [7, 11) is 0. The highest BCUT2D eigenvalue weighted by Gasteiger charge is 2.11. The molecule has 0 aromatic carbocycles. The molecule has 1 rings (SSSR count). The Labute approximate surface area is 95.5 Å². The second kappa shape index (κ2) is 6.17. The molecule has 88 valence electrons. The monoisotopic (exact) mass is 222 g/mol. The van der Waals surface area contributed by atoms with E-state index in [4.69, 9.17) is 5.73 Å². The first-order valence-corrected chi connectivity index (χ1v) is 5.45. The second-order valence-corrected chi connectivity index (χ2v) is 3.71. The first-order chi connectivity index (χ1) is 7.63. The maximum absolute atomic E-state index is 11.5. The predicted molar refractivity (Wildman–Crippen MR) is 61.5 cm³/mol. The van der Waals surface area contributed by atoms with E-state index in [1.165, 1.54) is 0 Å². The molecule has 1 aromatic rings. The molecular formula is C11H18N4O. The fourth-order valence-electron chi connectivity index (χ4n) is 1.35. The van der Waals surface area contributed by atoms with Gasteiger partial charge in [-0.2, -0.15) is 0 Å². The maximum atomic E-state index is 11.5. The van der Waals surface area contributed by atoms with Crippen molar-refractivity contribution < 1.29 is 4.79 Å². The van der Waals surface area contributed by atoms with Crippen molar-refractivity contribution in [1.29, 1.82) is 0 Å². The van der Waals surface area contributed by atoms with E-state index in [1.807, 2.05) is 13.8 Å². The van der Waals surface area contributed by atoms with Crippen LogP contribution < -0.4 is 11.1 Å². The van der Waals surface area contributed by atoms with E-state index in [1.54, 1.807) is 12.3 Å². The minimum absolute atomic E-state index is 0.127. The molecule has 0 saturated heterocycles. The van der Waals surface area contributed by atoms with Crippen molar-refractivity contribution in [3.8, 4) is 0 Å². The number of nitrogens with two attached hydrogens (primary N) is 1. The normalized spacial score (nSPS) is 12.2. The van der Waals surface area contributed by atoms with Gasteiger partial charge in [-0.1, -0.05) is 13.3 Å². The highest BCUT2D eigenvalue weighted by molar-refractivity contribution is 5.81. The van der Waals surface area contributed by atoms with Gasteiger partial charge in [0.05, 0.1) is 18.3 Å². The first-order valence-electron chi connectivity index (χ1n) is 5.45. The van der Waals surface area contributed by atoms with E-state index >= 15 is 0 Å². The minimum atomic E-state index is -0.423. The Balaban J connectivity index is 2.42. The molecule has 3 N–H and O–H groups in total. The third kappa shape index (κ3) is 3.94. The van der Waals surface area contributed by atoms with E-state index in [9.17, 15) is 4.79 Å². The van der Waals surface area contributed by atoms with Crippen LogP contribution in [0.2, 0.25) is 0 Å². The zero-order valence-corrected chi connectivity index (χ0v) is 9.73. The van der Waals surface area contributed by atoms with Crippen LogP contribution >= 0.6 is 0 Å². The summed E-state index contributed by atoms with van der Waals surface area (Å²) in [4.78, 5) is 19.7. The van der Waals surface area contributed by atoms with E-state index in [2.05, 4.69) is 15.3 Å². The molecule has 0 saturated carbocycles. The average Bonchev–Trinajstić information content (AvgIpc) is 2.26. The summed E-state index contributed by atoms with van der Waals surface area (Å²) in [5.74, 6) is 0.572. The molecule has 16 heavy (non-hydrogen) atoms. The summed E-state index contributed by atoms with van der Waals surface area (Å²) in [5, 5.41) is 2.76. The van der Waals surface area contributed by atoms with Crippen LogP contribution in [0.5, 0.6) is 0 Å². The van der Waals surface area contributed by atoms with Crippen molar-refractivity contribution in [3.63, 3.8) is 0 Å². The molecule has 0 aliphatic rings. The van der Waals surface area contributed by atoms with E-state index in [0.717, 1.165) is 12.1 Å². The van der Waals surface area contributed by atoms with Crippen molar-refractivity contribution in [2.75, 3.05) is 0 Å². The smallest absolute Gasteiger partial charge is 0.237 e. The molecule has 0 aliphatic carbocycles. The molecule has 1 aromatic heterocycles. The second-order valence-electron chi connectivity index (χ2n) is 3.71. The third-order valence-electron chi connectivity index (χ3n) is 2.21. The number of carbonyl (C=O) groups excluding carboxylic acids is 1. The Hall–Kier alpha value is -1.49. The van der Waals surface area contributed by atoms with Crippen LogP contribution in [-0.2, 0) is 11.3 Å². The number of hydrogen-bond acceptors (Lipinski definition) is 4. The Morgan fingerprint density at radius 1 is 1.62 bits per heavy atom. The quantitative estimate of drug-likeness (QED) is 0.761. The third-order valence-corrected chi connectivity index (χ3v) is 2.21. The van der Waals surface area contributed by atoms with Gasteiger partial charge in [0.1, 0.15) is 5.82 Å². The first kappa shape index (κ1) is 12.6. The van der Waals surface area contributed by atoms with Crippen LogP contribution in [0.15, 0.2) is 12.3 Å². The van der Waals surface area contributed by atoms with Crippen LogP contribution in [0.4, 0.5) is 0 Å². The minimum Gasteiger partial charge on any atom is -0.349 e. The fraction of sp³-hybridized carbons (Fsp3) is 0.545. The Morgan fingerprint density at radius 2 is 2.38 bits per heavy atom. The lowest BCUT2D eigenvalue weighted by atomic mass is 10.1. The molecule has 1 heterocycles. The molecular weight excluding hydrogens is 204 g/mol. The van der Waals surface area contributed by atoms with Gasteiger partial charge in [-0.15, -0.1) is 0 Å². The largest absolute Gasteiger partial charge is 0.349 e. The van der Waals surface area contributed by atoms with Crippen LogP contribution in [0.25, 0.3) is 0 Å². The summed E-state index contributed by atoms with van der Waals surface area (Å²) in [6, 6.07) is 1.35. The van der Waals surface area contributed by atoms with Crippen molar-refractivity contribution in [2.24, 2.45) is 5.73 Å². The zero-order chi connectivity index (χ0) is 12.0. The topological polar surface area (TPSA) is 80.9 Å². The highest BCUT2D eigenvalue weighted by atomic mass is 16.2. The van der Waals surface area contributed by atoms with Gasteiger partial charge in [-0.05, 0) is 19.4 Å². The molecule has 0 fully saturated rings. The maximum Gasteiger partial charge on any atom is 0.237 e. The van der Waals surface area contributed by atoms with Crippen LogP contribution in [-0.4, -0.2) is 21.9 Å². The van der Waals surface area contributed by atoms with Gasteiger partial charge in [0.15, 0.2) is 0 Å². The van der Waals surface area contributed by atoms with Gasteiger partial charge in [0.25, 0.3) is 0 Å². The molecule has 0 aliphatic heterocycles. The summed E-state index contributed by atoms with van der Waals surface area (Å²) in [6.45, 7) is 4.22. The van der Waals surface area contributed by atoms with Crippen LogP contribution in [0, 0.1) is 6.92 Å². The van der Waals surface area contributed by atoms with Crippen molar-refractivity contribution in [3.05, 3.63) is 23.8 Å². The lowest BCUT2D eigenvalue weighted by Crippen LogP contribution is -2.40. The Kier molecular flexibility index (Phi) is 4.85. The number of aryl methyl sites for hydroxylation is 1. The van der Waals surface area contributed by atoms with Gasteiger partial charge in [0, 0.05) is 6.20 Å². The molecule has 1 atom stereocenters. The van der Waals surface area contributed by atoms with Crippen LogP contribution in [0.1, 0.15) is 31.3 Å². The van der Waals surface area contributed by atoms with E-state index in [0.29, 0.717) is 18.8 Å². The molecule has 0 radical (unpaired) electrons. The average molecular weight is 222 g/mol. The van der Waals surface area contributed by atoms with Gasteiger partial charge < -0.3 is 11.1 Å². The number of nitrogens with zero attached hydrogens (tertiary/aromatic N) is 2. The predicted octanol–water partition coefficient (Wildman–Crippen LogP) is 0.529. The molecule has 1 amide bonds. The summed E-state index contributed by atoms with van der Waals surface area (Å²) < 4.78 is 0. The zero-order valence-electron chi connectivity index (χ0n) is 9.73. The number of amides is 1. The molecule has 5 heteroatoms. The number of rotatable bonds is 5. The van der Waals surface area contributed by atoms with Crippen molar-refractivity contribution >= 4 is 5.91 Å². The van der Waals surface area contributed by atoms with Crippen molar-refractivity contribution in [2.45, 2.75) is 39.3 Å². The SMILES string of the molecule is CCC[C@@H](N)C(=O)NCc1ccnc(C)n1. The summed E-state index contributed by atoms with van der Waals surface area (Å²) in [5.41, 5.74) is 6.47. The fourth-order valence-corrected chi connectivity index (χ4v) is 1.35. The lowest BCUT2D eigenvalue weighted by molar-refractivity contribution is -0.122. The van der Waals surface area contributed by atoms with Crippen molar-refractivity contribution in [1.82, 2.24) is 15.3 Å². The number of nitrogens with one attached hydrogen (secondary N) is 1. The van der Waals surface area contributed by atoms with Gasteiger partial charge >= 0.3 is 0 Å². The highest BCUT2D eigenvalue weighted by Crippen LogP contribution is 1.96. The molecule has 0 unspecified atom stereocenters. The van der Waals surface area contributed by atoms with Crippen LogP contribution in [0.3, 0.4) is 0 Å². The van der Waals surface area contributed by atoms with Gasteiger partial charge in [-0.3, -0.25) is 4.79 Å². The number of hydrogen-bond donors (Lipinski definition) is 2. The van der Waals surface area contributed by atoms with E-state index in [-0.39, 0.29) is 5.91 Å². The van der Waals surface area contributed by atoms with Gasteiger partial charge in [-0.25, -0.2) is 9.97 Å². The Bertz CT molecular complexity index is 354. The summed E-state index contributed by atoms with van der Waals surface area (Å²) in [6.07, 6.45) is 3.28. The summed E-state index contributed by atoms with van der Waals surface area (Å²) >= 11 is 0. The Morgan fingerprint density at radius 3 is 3.00 bits per heavy atom. The molecule has 5 nitrogen and oxygen atoms in total. The standard InChI is InChI=1S/C11H18N4O/c1-3-4-10(12)11(16)14-7-9-5-6-13-8(2)15-9/h5-6,10H,3-4,7,12H2,1-2H3,(H,14,16)/t10-/m1/s1. The molecule has 0 bridgehead atoms. The molecule has 0 spiro atoms.